The molecule has 3 aromatic rings. The fourth-order valence-corrected chi connectivity index (χ4v) is 5.37. The highest BCUT2D eigenvalue weighted by molar-refractivity contribution is 6.35. The van der Waals surface area contributed by atoms with Gasteiger partial charge in [0.05, 0.1) is 5.54 Å². The van der Waals surface area contributed by atoms with Crippen LogP contribution in [0.1, 0.15) is 41.3 Å². The standard InChI is InChI=1S/C31H32N6O4/c1-21(38)36-13-15-37(16-14-36)24-17-22-7-3-5-9-25(22)27(18-24)31(11-12-31)35-28(39)26-10-6-4-8-23(26)19-33-29(40)30(41)34-20-32-2/h3-10,17-18H,11-16,19-20H2,1H3,(H,33,40)(H,34,41)(H,35,39). The van der Waals surface area contributed by atoms with Crippen molar-refractivity contribution in [2.75, 3.05) is 37.7 Å². The molecule has 1 aliphatic heterocycles. The second-order valence-corrected chi connectivity index (χ2v) is 10.4. The van der Waals surface area contributed by atoms with Crippen LogP contribution in [0.15, 0.2) is 60.7 Å². The van der Waals surface area contributed by atoms with Crippen molar-refractivity contribution in [1.82, 2.24) is 20.9 Å². The Morgan fingerprint density at radius 3 is 2.29 bits per heavy atom. The number of carbonyl (C=O) groups is 4. The Morgan fingerprint density at radius 1 is 0.902 bits per heavy atom. The van der Waals surface area contributed by atoms with Gasteiger partial charge in [0.15, 0.2) is 0 Å². The zero-order valence-corrected chi connectivity index (χ0v) is 22.9. The molecule has 0 radical (unpaired) electrons. The van der Waals surface area contributed by atoms with E-state index in [0.717, 1.165) is 48.0 Å². The zero-order chi connectivity index (χ0) is 29.0. The van der Waals surface area contributed by atoms with Crippen LogP contribution < -0.4 is 20.9 Å². The van der Waals surface area contributed by atoms with Crippen molar-refractivity contribution in [3.05, 3.63) is 88.8 Å². The van der Waals surface area contributed by atoms with Crippen molar-refractivity contribution < 1.29 is 19.2 Å². The third kappa shape index (κ3) is 5.99. The van der Waals surface area contributed by atoms with Gasteiger partial charge in [0, 0.05) is 50.9 Å². The normalized spacial score (nSPS) is 15.5. The highest BCUT2D eigenvalue weighted by Gasteiger charge is 2.47. The molecule has 1 heterocycles. The molecule has 0 atom stereocenters. The van der Waals surface area contributed by atoms with Crippen LogP contribution in [0.25, 0.3) is 15.6 Å². The van der Waals surface area contributed by atoms with Crippen molar-refractivity contribution in [1.29, 1.82) is 0 Å². The number of nitrogens with zero attached hydrogens (tertiary/aromatic N) is 3. The lowest BCUT2D eigenvalue weighted by molar-refractivity contribution is -0.139. The lowest BCUT2D eigenvalue weighted by atomic mass is 9.94. The number of anilines is 1. The van der Waals surface area contributed by atoms with Gasteiger partial charge in [-0.3, -0.25) is 29.3 Å². The van der Waals surface area contributed by atoms with E-state index in [4.69, 9.17) is 6.57 Å². The van der Waals surface area contributed by atoms with Crippen LogP contribution >= 0.6 is 0 Å². The van der Waals surface area contributed by atoms with E-state index in [1.165, 1.54) is 0 Å². The summed E-state index contributed by atoms with van der Waals surface area (Å²) >= 11 is 0. The largest absolute Gasteiger partial charge is 0.368 e. The van der Waals surface area contributed by atoms with E-state index in [9.17, 15) is 19.2 Å². The van der Waals surface area contributed by atoms with E-state index in [0.29, 0.717) is 24.2 Å². The molecular weight excluding hydrogens is 520 g/mol. The zero-order valence-electron chi connectivity index (χ0n) is 22.9. The Morgan fingerprint density at radius 2 is 1.59 bits per heavy atom. The van der Waals surface area contributed by atoms with Gasteiger partial charge in [-0.05, 0) is 52.9 Å². The van der Waals surface area contributed by atoms with Crippen LogP contribution in [0.2, 0.25) is 0 Å². The maximum absolute atomic E-state index is 13.7. The van der Waals surface area contributed by atoms with Gasteiger partial charge in [-0.15, -0.1) is 0 Å². The van der Waals surface area contributed by atoms with Crippen molar-refractivity contribution in [2.45, 2.75) is 31.8 Å². The molecule has 0 spiro atoms. The highest BCUT2D eigenvalue weighted by Crippen LogP contribution is 2.49. The number of carbonyl (C=O) groups excluding carboxylic acids is 4. The van der Waals surface area contributed by atoms with Gasteiger partial charge < -0.3 is 20.4 Å². The van der Waals surface area contributed by atoms with E-state index < -0.39 is 17.4 Å². The molecule has 41 heavy (non-hydrogen) atoms. The first-order chi connectivity index (χ1) is 19.8. The smallest absolute Gasteiger partial charge is 0.314 e. The maximum atomic E-state index is 13.7. The number of amides is 4. The first-order valence-corrected chi connectivity index (χ1v) is 13.6. The quantitative estimate of drug-likeness (QED) is 0.308. The minimum absolute atomic E-state index is 0.00841. The molecule has 3 aromatic carbocycles. The molecule has 2 aliphatic rings. The summed E-state index contributed by atoms with van der Waals surface area (Å²) < 4.78 is 0. The lowest BCUT2D eigenvalue weighted by Gasteiger charge is -2.36. The number of fused-ring (bicyclic) bond motifs is 1. The Kier molecular flexibility index (Phi) is 7.88. The van der Waals surface area contributed by atoms with E-state index in [1.54, 1.807) is 31.2 Å². The van der Waals surface area contributed by atoms with Gasteiger partial charge in [0.2, 0.25) is 5.91 Å². The second-order valence-electron chi connectivity index (χ2n) is 10.4. The predicted octanol–water partition coefficient (Wildman–Crippen LogP) is 2.54. The number of benzene rings is 3. The number of hydrogen-bond acceptors (Lipinski definition) is 5. The van der Waals surface area contributed by atoms with Gasteiger partial charge in [-0.2, -0.15) is 0 Å². The van der Waals surface area contributed by atoms with Gasteiger partial charge in [-0.1, -0.05) is 42.5 Å². The number of rotatable bonds is 7. The van der Waals surface area contributed by atoms with Crippen molar-refractivity contribution >= 4 is 40.1 Å². The first-order valence-electron chi connectivity index (χ1n) is 13.6. The molecule has 1 saturated carbocycles. The van der Waals surface area contributed by atoms with Crippen LogP contribution in [0.5, 0.6) is 0 Å². The summed E-state index contributed by atoms with van der Waals surface area (Å²) in [4.78, 5) is 56.6. The van der Waals surface area contributed by atoms with Crippen molar-refractivity contribution in [3.8, 4) is 0 Å². The Hall–Kier alpha value is -4.91. The lowest BCUT2D eigenvalue weighted by Crippen LogP contribution is -2.48. The summed E-state index contributed by atoms with van der Waals surface area (Å²) in [6.07, 6.45) is 1.59. The van der Waals surface area contributed by atoms with E-state index >= 15 is 0 Å². The molecule has 1 aliphatic carbocycles. The van der Waals surface area contributed by atoms with Crippen molar-refractivity contribution in [2.24, 2.45) is 0 Å². The number of piperazine rings is 1. The molecule has 10 heteroatoms. The summed E-state index contributed by atoms with van der Waals surface area (Å²) in [7, 11) is 0. The fraction of sp³-hybridized carbons (Fsp3) is 0.323. The van der Waals surface area contributed by atoms with E-state index in [1.807, 2.05) is 17.0 Å². The number of hydrogen-bond donors (Lipinski definition) is 3. The van der Waals surface area contributed by atoms with Gasteiger partial charge >= 0.3 is 11.8 Å². The second kappa shape index (κ2) is 11.7. The predicted molar refractivity (Wildman–Crippen MR) is 155 cm³/mol. The molecule has 5 rings (SSSR count). The summed E-state index contributed by atoms with van der Waals surface area (Å²) in [6.45, 7) is 10.9. The topological polar surface area (TPSA) is 115 Å². The third-order valence-corrected chi connectivity index (χ3v) is 7.78. The average Bonchev–Trinajstić information content (AvgIpc) is 3.78. The molecule has 0 bridgehead atoms. The Labute approximate surface area is 238 Å². The highest BCUT2D eigenvalue weighted by atomic mass is 16.2. The van der Waals surface area contributed by atoms with Crippen LogP contribution in [-0.4, -0.2) is 61.4 Å². The molecule has 0 unspecified atom stereocenters. The molecule has 0 aromatic heterocycles. The minimum Gasteiger partial charge on any atom is -0.368 e. The summed E-state index contributed by atoms with van der Waals surface area (Å²) in [6, 6.07) is 19.5. The monoisotopic (exact) mass is 552 g/mol. The van der Waals surface area contributed by atoms with Gasteiger partial charge in [0.1, 0.15) is 0 Å². The van der Waals surface area contributed by atoms with Crippen molar-refractivity contribution in [3.63, 3.8) is 0 Å². The molecule has 4 amide bonds. The van der Waals surface area contributed by atoms with Crippen LogP contribution in [0, 0.1) is 6.57 Å². The fourth-order valence-electron chi connectivity index (χ4n) is 5.37. The SMILES string of the molecule is [C-]#[N+]CNC(=O)C(=O)NCc1ccccc1C(=O)NC1(c2cc(N3CCN(C(C)=O)CC3)cc3ccccc23)CC1. The number of nitrogens with one attached hydrogen (secondary N) is 3. The Balaban J connectivity index is 1.37. The molecule has 1 saturated heterocycles. The third-order valence-electron chi connectivity index (χ3n) is 7.78. The minimum atomic E-state index is -0.894. The molecular formula is C31H32N6O4. The molecule has 10 nitrogen and oxygen atoms in total. The summed E-state index contributed by atoms with van der Waals surface area (Å²) in [5.41, 5.74) is 2.61. The van der Waals surface area contributed by atoms with Crippen LogP contribution in [0.4, 0.5) is 5.69 Å². The Bertz CT molecular complexity index is 1550. The van der Waals surface area contributed by atoms with Gasteiger partial charge in [0.25, 0.3) is 12.6 Å². The van der Waals surface area contributed by atoms with E-state index in [-0.39, 0.29) is 25.0 Å². The van der Waals surface area contributed by atoms with Crippen LogP contribution in [0.3, 0.4) is 0 Å². The van der Waals surface area contributed by atoms with E-state index in [2.05, 4.69) is 50.0 Å². The van der Waals surface area contributed by atoms with Crippen LogP contribution in [-0.2, 0) is 26.5 Å². The summed E-state index contributed by atoms with van der Waals surface area (Å²) in [5, 5.41) is 10.2. The maximum Gasteiger partial charge on any atom is 0.314 e. The molecule has 210 valence electrons. The summed E-state index contributed by atoms with van der Waals surface area (Å²) in [5.74, 6) is -1.93. The molecule has 2 fully saturated rings. The average molecular weight is 553 g/mol. The van der Waals surface area contributed by atoms with Gasteiger partial charge in [-0.25, -0.2) is 6.57 Å². The molecule has 3 N–H and O–H groups in total. The first kappa shape index (κ1) is 27.6.